The summed E-state index contributed by atoms with van der Waals surface area (Å²) in [4.78, 5) is 14.2. The summed E-state index contributed by atoms with van der Waals surface area (Å²) in [7, 11) is 1.48. The summed E-state index contributed by atoms with van der Waals surface area (Å²) in [5, 5.41) is 0. The number of methoxy groups -OCH3 is 1. The molecular weight excluding hydrogens is 260 g/mol. The molecule has 0 unspecified atom stereocenters. The van der Waals surface area contributed by atoms with Gasteiger partial charge in [0.25, 0.3) is 0 Å². The molecule has 0 aromatic heterocycles. The molecule has 1 aromatic rings. The van der Waals surface area contributed by atoms with Gasteiger partial charge in [0.1, 0.15) is 12.2 Å². The molecule has 1 fully saturated rings. The van der Waals surface area contributed by atoms with Crippen LogP contribution >= 0.6 is 0 Å². The Morgan fingerprint density at radius 3 is 2.85 bits per heavy atom. The van der Waals surface area contributed by atoms with Gasteiger partial charge in [0, 0.05) is 19.6 Å². The van der Waals surface area contributed by atoms with E-state index in [4.69, 9.17) is 19.9 Å². The Kier molecular flexibility index (Phi) is 5.20. The van der Waals surface area contributed by atoms with Crippen molar-refractivity contribution in [2.24, 2.45) is 0 Å². The second kappa shape index (κ2) is 7.12. The van der Waals surface area contributed by atoms with E-state index in [1.54, 1.807) is 18.2 Å². The van der Waals surface area contributed by atoms with Crippen molar-refractivity contribution in [2.75, 3.05) is 52.3 Å². The number of morpholine rings is 1. The minimum absolute atomic E-state index is 0.344. The molecule has 1 aliphatic rings. The molecule has 0 spiro atoms. The molecule has 1 heterocycles. The zero-order valence-corrected chi connectivity index (χ0v) is 11.6. The summed E-state index contributed by atoms with van der Waals surface area (Å²) >= 11 is 0. The van der Waals surface area contributed by atoms with E-state index >= 15 is 0 Å². The lowest BCUT2D eigenvalue weighted by Gasteiger charge is -2.26. The average Bonchev–Trinajstić information content (AvgIpc) is 2.48. The van der Waals surface area contributed by atoms with Crippen molar-refractivity contribution in [3.63, 3.8) is 0 Å². The lowest BCUT2D eigenvalue weighted by molar-refractivity contribution is 0.0194. The SMILES string of the molecule is COc1c(N)cccc1C(=O)OCCN1CCOCC1. The van der Waals surface area contributed by atoms with Gasteiger partial charge in [-0.15, -0.1) is 0 Å². The first kappa shape index (κ1) is 14.6. The van der Waals surface area contributed by atoms with E-state index in [9.17, 15) is 4.79 Å². The van der Waals surface area contributed by atoms with Crippen LogP contribution in [-0.4, -0.2) is 57.4 Å². The number of nitrogens with zero attached hydrogens (tertiary/aromatic N) is 1. The van der Waals surface area contributed by atoms with Gasteiger partial charge in [0.2, 0.25) is 0 Å². The van der Waals surface area contributed by atoms with Crippen LogP contribution in [0.4, 0.5) is 5.69 Å². The second-order valence-electron chi connectivity index (χ2n) is 4.52. The number of hydrogen-bond donors (Lipinski definition) is 1. The van der Waals surface area contributed by atoms with Crippen molar-refractivity contribution >= 4 is 11.7 Å². The molecule has 20 heavy (non-hydrogen) atoms. The van der Waals surface area contributed by atoms with Gasteiger partial charge >= 0.3 is 5.97 Å². The highest BCUT2D eigenvalue weighted by Gasteiger charge is 2.16. The first-order valence-electron chi connectivity index (χ1n) is 6.62. The van der Waals surface area contributed by atoms with Gasteiger partial charge in [0.15, 0.2) is 5.75 Å². The molecule has 6 heteroatoms. The normalized spacial score (nSPS) is 15.8. The molecule has 2 rings (SSSR count). The summed E-state index contributed by atoms with van der Waals surface area (Å²) < 4.78 is 15.7. The predicted octanol–water partition coefficient (Wildman–Crippen LogP) is 0.766. The highest BCUT2D eigenvalue weighted by molar-refractivity contribution is 5.94. The van der Waals surface area contributed by atoms with Crippen molar-refractivity contribution in [1.29, 1.82) is 0 Å². The Bertz CT molecular complexity index is 458. The number of para-hydroxylation sites is 1. The van der Waals surface area contributed by atoms with Gasteiger partial charge in [-0.2, -0.15) is 0 Å². The number of ether oxygens (including phenoxy) is 3. The van der Waals surface area contributed by atoms with Gasteiger partial charge in [-0.25, -0.2) is 4.79 Å². The van der Waals surface area contributed by atoms with Crippen molar-refractivity contribution in [2.45, 2.75) is 0 Å². The number of nitrogen functional groups attached to an aromatic ring is 1. The van der Waals surface area contributed by atoms with E-state index in [1.165, 1.54) is 7.11 Å². The Balaban J connectivity index is 1.87. The Morgan fingerprint density at radius 2 is 2.15 bits per heavy atom. The van der Waals surface area contributed by atoms with Crippen LogP contribution in [0.15, 0.2) is 18.2 Å². The largest absolute Gasteiger partial charge is 0.494 e. The van der Waals surface area contributed by atoms with Gasteiger partial charge in [0.05, 0.1) is 26.0 Å². The summed E-state index contributed by atoms with van der Waals surface area (Å²) in [6, 6.07) is 5.03. The fraction of sp³-hybridized carbons (Fsp3) is 0.500. The lowest BCUT2D eigenvalue weighted by Crippen LogP contribution is -2.38. The average molecular weight is 280 g/mol. The molecule has 6 nitrogen and oxygen atoms in total. The molecule has 1 saturated heterocycles. The van der Waals surface area contributed by atoms with Gasteiger partial charge < -0.3 is 19.9 Å². The van der Waals surface area contributed by atoms with E-state index in [2.05, 4.69) is 4.90 Å². The Hall–Kier alpha value is -1.79. The topological polar surface area (TPSA) is 74.0 Å². The first-order valence-corrected chi connectivity index (χ1v) is 6.62. The maximum Gasteiger partial charge on any atom is 0.342 e. The predicted molar refractivity (Wildman–Crippen MR) is 74.9 cm³/mol. The first-order chi connectivity index (χ1) is 9.72. The van der Waals surface area contributed by atoms with Crippen molar-refractivity contribution in [3.05, 3.63) is 23.8 Å². The smallest absolute Gasteiger partial charge is 0.342 e. The van der Waals surface area contributed by atoms with Gasteiger partial charge in [-0.05, 0) is 12.1 Å². The Morgan fingerprint density at radius 1 is 1.40 bits per heavy atom. The summed E-state index contributed by atoms with van der Waals surface area (Å²) in [6.45, 7) is 4.27. The fourth-order valence-corrected chi connectivity index (χ4v) is 2.11. The van der Waals surface area contributed by atoms with Crippen LogP contribution < -0.4 is 10.5 Å². The summed E-state index contributed by atoms with van der Waals surface area (Å²) in [6.07, 6.45) is 0. The van der Waals surface area contributed by atoms with E-state index in [-0.39, 0.29) is 0 Å². The van der Waals surface area contributed by atoms with Crippen molar-refractivity contribution in [1.82, 2.24) is 4.90 Å². The van der Waals surface area contributed by atoms with Gasteiger partial charge in [-0.3, -0.25) is 4.90 Å². The molecule has 110 valence electrons. The third-order valence-corrected chi connectivity index (χ3v) is 3.21. The van der Waals surface area contributed by atoms with Crippen LogP contribution in [0.3, 0.4) is 0 Å². The number of esters is 1. The number of carbonyl (C=O) groups is 1. The summed E-state index contributed by atoms with van der Waals surface area (Å²) in [5.74, 6) is -0.0497. The van der Waals surface area contributed by atoms with Crippen molar-refractivity contribution in [3.8, 4) is 5.75 Å². The zero-order valence-electron chi connectivity index (χ0n) is 11.6. The highest BCUT2D eigenvalue weighted by atomic mass is 16.5. The van der Waals surface area contributed by atoms with E-state index in [0.29, 0.717) is 30.2 Å². The molecule has 0 aliphatic carbocycles. The third kappa shape index (κ3) is 3.61. The second-order valence-corrected chi connectivity index (χ2v) is 4.52. The quantitative estimate of drug-likeness (QED) is 0.634. The number of carbonyl (C=O) groups excluding carboxylic acids is 1. The maximum absolute atomic E-state index is 12.0. The molecule has 0 atom stereocenters. The number of anilines is 1. The highest BCUT2D eigenvalue weighted by Crippen LogP contribution is 2.26. The zero-order chi connectivity index (χ0) is 14.4. The molecule has 0 saturated carbocycles. The Labute approximate surface area is 118 Å². The summed E-state index contributed by atoms with van der Waals surface area (Å²) in [5.41, 5.74) is 6.54. The number of hydrogen-bond acceptors (Lipinski definition) is 6. The van der Waals surface area contributed by atoms with Gasteiger partial charge in [-0.1, -0.05) is 6.07 Å². The lowest BCUT2D eigenvalue weighted by atomic mass is 10.2. The van der Waals surface area contributed by atoms with Crippen LogP contribution in [0.5, 0.6) is 5.75 Å². The monoisotopic (exact) mass is 280 g/mol. The maximum atomic E-state index is 12.0. The van der Waals surface area contributed by atoms with Crippen LogP contribution in [0, 0.1) is 0 Å². The van der Waals surface area contributed by atoms with Crippen LogP contribution in [-0.2, 0) is 9.47 Å². The van der Waals surface area contributed by atoms with Crippen LogP contribution in [0.1, 0.15) is 10.4 Å². The molecular formula is C14H20N2O4. The van der Waals surface area contributed by atoms with Crippen LogP contribution in [0.2, 0.25) is 0 Å². The van der Waals surface area contributed by atoms with Crippen molar-refractivity contribution < 1.29 is 19.0 Å². The minimum atomic E-state index is -0.414. The van der Waals surface area contributed by atoms with E-state index < -0.39 is 5.97 Å². The molecule has 2 N–H and O–H groups in total. The molecule has 0 radical (unpaired) electrons. The fourth-order valence-electron chi connectivity index (χ4n) is 2.11. The third-order valence-electron chi connectivity index (χ3n) is 3.21. The molecule has 0 bridgehead atoms. The molecule has 1 aliphatic heterocycles. The standard InChI is InChI=1S/C14H20N2O4/c1-18-13-11(3-2-4-12(13)15)14(17)20-10-7-16-5-8-19-9-6-16/h2-4H,5-10,15H2,1H3. The number of rotatable bonds is 5. The molecule has 1 aromatic carbocycles. The van der Waals surface area contributed by atoms with E-state index in [1.807, 2.05) is 0 Å². The van der Waals surface area contributed by atoms with E-state index in [0.717, 1.165) is 26.3 Å². The van der Waals surface area contributed by atoms with Crippen LogP contribution in [0.25, 0.3) is 0 Å². The molecule has 0 amide bonds. The minimum Gasteiger partial charge on any atom is -0.494 e. The number of benzene rings is 1. The number of nitrogens with two attached hydrogens (primary N) is 1.